The monoisotopic (exact) mass is 272 g/mol. The summed E-state index contributed by atoms with van der Waals surface area (Å²) >= 11 is 0. The van der Waals surface area contributed by atoms with Crippen molar-refractivity contribution < 1.29 is 4.79 Å². The number of primary amides is 1. The fourth-order valence-electron chi connectivity index (χ4n) is 1.77. The molecule has 2 aromatic heterocycles. The van der Waals surface area contributed by atoms with Gasteiger partial charge in [-0.3, -0.25) is 4.79 Å². The maximum absolute atomic E-state index is 11.3. The maximum Gasteiger partial charge on any atom is 0.271 e. The van der Waals surface area contributed by atoms with Gasteiger partial charge in [0.05, 0.1) is 5.69 Å². The number of nitrogens with zero attached hydrogens (tertiary/aromatic N) is 3. The lowest BCUT2D eigenvalue weighted by Crippen LogP contribution is -2.17. The lowest BCUT2D eigenvalue weighted by Gasteiger charge is -2.09. The quantitative estimate of drug-likeness (QED) is 0.753. The minimum Gasteiger partial charge on any atom is -0.382 e. The van der Waals surface area contributed by atoms with Crippen LogP contribution in [0.15, 0.2) is 24.3 Å². The van der Waals surface area contributed by atoms with Gasteiger partial charge >= 0.3 is 0 Å². The number of hydrogen-bond acceptors (Lipinski definition) is 6. The van der Waals surface area contributed by atoms with Crippen LogP contribution >= 0.6 is 0 Å². The lowest BCUT2D eigenvalue weighted by molar-refractivity contribution is 0.0995. The van der Waals surface area contributed by atoms with Gasteiger partial charge in [0.25, 0.3) is 5.91 Å². The van der Waals surface area contributed by atoms with Crippen molar-refractivity contribution in [2.45, 2.75) is 19.8 Å². The van der Waals surface area contributed by atoms with E-state index < -0.39 is 5.91 Å². The van der Waals surface area contributed by atoms with Crippen LogP contribution in [0.1, 0.15) is 29.5 Å². The number of nitrogens with one attached hydrogen (secondary N) is 1. The predicted octanol–water partition coefficient (Wildman–Crippen LogP) is 1.25. The number of rotatable bonds is 5. The van der Waals surface area contributed by atoms with Gasteiger partial charge in [0, 0.05) is 11.8 Å². The number of aromatic nitrogens is 3. The van der Waals surface area contributed by atoms with E-state index in [1.807, 2.05) is 12.1 Å². The fraction of sp³-hybridized carbons (Fsp3) is 0.231. The molecule has 104 valence electrons. The molecule has 7 heteroatoms. The first kappa shape index (κ1) is 13.7. The molecule has 1 amide bonds. The molecule has 0 unspecified atom stereocenters. The van der Waals surface area contributed by atoms with Crippen LogP contribution in [0.2, 0.25) is 0 Å². The number of nitrogen functional groups attached to an aromatic ring is 1. The molecule has 2 aromatic rings. The summed E-state index contributed by atoms with van der Waals surface area (Å²) in [6, 6.07) is 7.13. The fourth-order valence-corrected chi connectivity index (χ4v) is 1.77. The molecule has 20 heavy (non-hydrogen) atoms. The van der Waals surface area contributed by atoms with E-state index >= 15 is 0 Å². The Balaban J connectivity index is 2.31. The van der Waals surface area contributed by atoms with Crippen molar-refractivity contribution in [3.63, 3.8) is 0 Å². The molecule has 0 aliphatic carbocycles. The normalized spacial score (nSPS) is 10.2. The number of carbonyl (C=O) groups excluding carboxylic acids is 1. The number of nitrogens with two attached hydrogens (primary N) is 2. The van der Waals surface area contributed by atoms with Crippen molar-refractivity contribution in [1.29, 1.82) is 0 Å². The molecular weight excluding hydrogens is 256 g/mol. The van der Waals surface area contributed by atoms with Crippen LogP contribution in [0, 0.1) is 0 Å². The standard InChI is InChI=1S/C13H16N6O/c1-2-4-8-5-3-6-11(16-8)17-9-7-10(14)18-19-12(9)13(15)20/h3,5-7H,2,4H2,1H3,(H2,15,20)(H3,14,16,17,18). The summed E-state index contributed by atoms with van der Waals surface area (Å²) in [7, 11) is 0. The van der Waals surface area contributed by atoms with Gasteiger partial charge in [-0.15, -0.1) is 10.2 Å². The minimum absolute atomic E-state index is 0.0295. The van der Waals surface area contributed by atoms with Gasteiger partial charge < -0.3 is 16.8 Å². The van der Waals surface area contributed by atoms with E-state index in [0.29, 0.717) is 11.5 Å². The zero-order valence-corrected chi connectivity index (χ0v) is 11.1. The average Bonchev–Trinajstić information content (AvgIpc) is 2.39. The van der Waals surface area contributed by atoms with E-state index in [9.17, 15) is 4.79 Å². The number of anilines is 3. The molecule has 0 radical (unpaired) electrons. The van der Waals surface area contributed by atoms with Gasteiger partial charge in [-0.05, 0) is 18.6 Å². The highest BCUT2D eigenvalue weighted by molar-refractivity contribution is 5.97. The van der Waals surface area contributed by atoms with E-state index in [2.05, 4.69) is 27.4 Å². The summed E-state index contributed by atoms with van der Waals surface area (Å²) in [6.07, 6.45) is 1.89. The molecule has 7 nitrogen and oxygen atoms in total. The second-order valence-corrected chi connectivity index (χ2v) is 4.28. The molecule has 0 fully saturated rings. The van der Waals surface area contributed by atoms with Crippen LogP contribution in [-0.4, -0.2) is 21.1 Å². The van der Waals surface area contributed by atoms with E-state index in [1.54, 1.807) is 6.07 Å². The van der Waals surface area contributed by atoms with Crippen LogP contribution in [0.3, 0.4) is 0 Å². The Hall–Kier alpha value is -2.70. The van der Waals surface area contributed by atoms with E-state index in [-0.39, 0.29) is 11.5 Å². The Bertz CT molecular complexity index is 628. The summed E-state index contributed by atoms with van der Waals surface area (Å²) in [6.45, 7) is 2.08. The first-order valence-electron chi connectivity index (χ1n) is 6.26. The molecule has 0 aliphatic rings. The van der Waals surface area contributed by atoms with E-state index in [0.717, 1.165) is 18.5 Å². The summed E-state index contributed by atoms with van der Waals surface area (Å²) in [5.74, 6) is 0.123. The average molecular weight is 272 g/mol. The van der Waals surface area contributed by atoms with E-state index in [1.165, 1.54) is 6.07 Å². The molecule has 2 rings (SSSR count). The third kappa shape index (κ3) is 3.19. The third-order valence-electron chi connectivity index (χ3n) is 2.62. The second kappa shape index (κ2) is 5.96. The van der Waals surface area contributed by atoms with Gasteiger partial charge in [-0.2, -0.15) is 0 Å². The molecule has 0 bridgehead atoms. The molecule has 0 saturated heterocycles. The first-order chi connectivity index (χ1) is 9.60. The minimum atomic E-state index is -0.676. The van der Waals surface area contributed by atoms with Crippen molar-refractivity contribution in [1.82, 2.24) is 15.2 Å². The van der Waals surface area contributed by atoms with Crippen LogP contribution in [0.5, 0.6) is 0 Å². The molecule has 0 aliphatic heterocycles. The van der Waals surface area contributed by atoms with Crippen LogP contribution < -0.4 is 16.8 Å². The summed E-state index contributed by atoms with van der Waals surface area (Å²) < 4.78 is 0. The molecule has 0 spiro atoms. The lowest BCUT2D eigenvalue weighted by atomic mass is 10.2. The van der Waals surface area contributed by atoms with Gasteiger partial charge in [0.15, 0.2) is 5.69 Å². The number of carbonyl (C=O) groups is 1. The molecule has 2 heterocycles. The number of pyridine rings is 1. The Morgan fingerprint density at radius 3 is 2.85 bits per heavy atom. The van der Waals surface area contributed by atoms with Gasteiger partial charge in [-0.25, -0.2) is 4.98 Å². The summed E-state index contributed by atoms with van der Waals surface area (Å²) in [5, 5.41) is 10.3. The SMILES string of the molecule is CCCc1cccc(Nc2cc(N)nnc2C(N)=O)n1. The van der Waals surface area contributed by atoms with Crippen LogP contribution in [-0.2, 0) is 6.42 Å². The maximum atomic E-state index is 11.3. The Morgan fingerprint density at radius 1 is 1.35 bits per heavy atom. The number of amides is 1. The Labute approximate surface area is 116 Å². The topological polar surface area (TPSA) is 120 Å². The third-order valence-corrected chi connectivity index (χ3v) is 2.62. The second-order valence-electron chi connectivity index (χ2n) is 4.28. The van der Waals surface area contributed by atoms with Gasteiger partial charge in [0.1, 0.15) is 11.6 Å². The van der Waals surface area contributed by atoms with Gasteiger partial charge in [0.2, 0.25) is 0 Å². The largest absolute Gasteiger partial charge is 0.382 e. The highest BCUT2D eigenvalue weighted by Gasteiger charge is 2.12. The summed E-state index contributed by atoms with van der Waals surface area (Å²) in [4.78, 5) is 15.7. The zero-order valence-electron chi connectivity index (χ0n) is 11.1. The van der Waals surface area contributed by atoms with E-state index in [4.69, 9.17) is 11.5 Å². The predicted molar refractivity (Wildman–Crippen MR) is 76.5 cm³/mol. The molecular formula is C13H16N6O. The van der Waals surface area contributed by atoms with Gasteiger partial charge in [-0.1, -0.05) is 19.4 Å². The highest BCUT2D eigenvalue weighted by atomic mass is 16.1. The first-order valence-corrected chi connectivity index (χ1v) is 6.26. The zero-order chi connectivity index (χ0) is 14.5. The Morgan fingerprint density at radius 2 is 2.15 bits per heavy atom. The van der Waals surface area contributed by atoms with Crippen LogP contribution in [0.25, 0.3) is 0 Å². The van der Waals surface area contributed by atoms with Crippen LogP contribution in [0.4, 0.5) is 17.3 Å². The number of hydrogen-bond donors (Lipinski definition) is 3. The van der Waals surface area contributed by atoms with Crippen molar-refractivity contribution in [2.75, 3.05) is 11.1 Å². The summed E-state index contributed by atoms with van der Waals surface area (Å²) in [5.41, 5.74) is 12.2. The highest BCUT2D eigenvalue weighted by Crippen LogP contribution is 2.19. The molecule has 0 saturated carbocycles. The van der Waals surface area contributed by atoms with Crippen molar-refractivity contribution >= 4 is 23.2 Å². The van der Waals surface area contributed by atoms with Crippen molar-refractivity contribution in [3.8, 4) is 0 Å². The molecule has 5 N–H and O–H groups in total. The number of aryl methyl sites for hydroxylation is 1. The smallest absolute Gasteiger partial charge is 0.271 e. The van der Waals surface area contributed by atoms with Crippen molar-refractivity contribution in [3.05, 3.63) is 35.7 Å². The Kier molecular flexibility index (Phi) is 4.09. The molecule has 0 atom stereocenters. The molecule has 0 aromatic carbocycles. The van der Waals surface area contributed by atoms with Crippen molar-refractivity contribution in [2.24, 2.45) is 5.73 Å².